The molecule has 1 atom stereocenters. The van der Waals surface area contributed by atoms with Gasteiger partial charge >= 0.3 is 6.18 Å². The van der Waals surface area contributed by atoms with E-state index in [-0.39, 0.29) is 49.9 Å². The Morgan fingerprint density at radius 3 is 2.24 bits per heavy atom. The van der Waals surface area contributed by atoms with Gasteiger partial charge in [0.2, 0.25) is 21.8 Å². The first-order valence-corrected chi connectivity index (χ1v) is 15.9. The number of carbonyl (C=O) groups is 2. The summed E-state index contributed by atoms with van der Waals surface area (Å²) in [5.41, 5.74) is 0.515. The van der Waals surface area contributed by atoms with Crippen molar-refractivity contribution in [2.75, 3.05) is 23.7 Å². The van der Waals surface area contributed by atoms with Crippen molar-refractivity contribution < 1.29 is 31.2 Å². The van der Waals surface area contributed by atoms with Crippen LogP contribution in [-0.4, -0.2) is 50.5 Å². The number of benzene rings is 3. The fourth-order valence-electron chi connectivity index (χ4n) is 4.52. The summed E-state index contributed by atoms with van der Waals surface area (Å²) in [5.74, 6) is -0.717. The number of sulfonamides is 1. The lowest BCUT2D eigenvalue weighted by atomic mass is 10.0. The van der Waals surface area contributed by atoms with Crippen LogP contribution in [0.5, 0.6) is 0 Å². The van der Waals surface area contributed by atoms with Crippen molar-refractivity contribution in [3.8, 4) is 0 Å². The Labute approximate surface area is 252 Å². The third-order valence-electron chi connectivity index (χ3n) is 6.48. The Balaban J connectivity index is 1.88. The molecule has 1 N–H and O–H groups in total. The molecule has 2 amide bonds. The van der Waals surface area contributed by atoms with E-state index in [9.17, 15) is 31.2 Å². The van der Waals surface area contributed by atoms with Gasteiger partial charge in [0, 0.05) is 36.9 Å². The van der Waals surface area contributed by atoms with Gasteiger partial charge in [0.1, 0.15) is 6.04 Å². The maximum Gasteiger partial charge on any atom is 0.416 e. The number of rotatable bonds is 13. The summed E-state index contributed by atoms with van der Waals surface area (Å²) >= 11 is 3.43. The molecule has 0 unspecified atom stereocenters. The van der Waals surface area contributed by atoms with Gasteiger partial charge in [-0.15, -0.1) is 0 Å². The predicted octanol–water partition coefficient (Wildman–Crippen LogP) is 5.79. The van der Waals surface area contributed by atoms with Crippen LogP contribution in [0, 0.1) is 0 Å². The van der Waals surface area contributed by atoms with E-state index in [0.717, 1.165) is 44.4 Å². The molecule has 0 radical (unpaired) electrons. The molecule has 3 rings (SSSR count). The quantitative estimate of drug-likeness (QED) is 0.250. The number of amides is 2. The average Bonchev–Trinajstić information content (AvgIpc) is 2.92. The van der Waals surface area contributed by atoms with Crippen LogP contribution in [0.2, 0.25) is 0 Å². The topological polar surface area (TPSA) is 86.8 Å². The molecule has 0 bridgehead atoms. The van der Waals surface area contributed by atoms with Crippen molar-refractivity contribution in [3.63, 3.8) is 0 Å². The van der Waals surface area contributed by atoms with Gasteiger partial charge in [0.05, 0.1) is 17.5 Å². The molecule has 7 nitrogen and oxygen atoms in total. The third kappa shape index (κ3) is 9.59. The van der Waals surface area contributed by atoms with E-state index >= 15 is 0 Å². The van der Waals surface area contributed by atoms with E-state index in [1.165, 1.54) is 11.0 Å². The molecule has 0 aromatic heterocycles. The molecule has 42 heavy (non-hydrogen) atoms. The first-order valence-electron chi connectivity index (χ1n) is 13.3. The highest BCUT2D eigenvalue weighted by atomic mass is 79.9. The SMILES string of the molecule is CCNC(=O)[C@@H](Cc1ccccc1)N(Cc1cccc(Br)c1)C(=O)CCCN(c1cccc(C(F)(F)F)c1)S(C)(=O)=O. The fourth-order valence-corrected chi connectivity index (χ4v) is 5.92. The first kappa shape index (κ1) is 33.1. The molecular formula is C30H33BrF3N3O4S. The summed E-state index contributed by atoms with van der Waals surface area (Å²) < 4.78 is 66.6. The van der Waals surface area contributed by atoms with Crippen LogP contribution in [0.3, 0.4) is 0 Å². The monoisotopic (exact) mass is 667 g/mol. The Morgan fingerprint density at radius 2 is 1.62 bits per heavy atom. The minimum atomic E-state index is -4.64. The number of hydrogen-bond donors (Lipinski definition) is 1. The maximum absolute atomic E-state index is 13.7. The average molecular weight is 669 g/mol. The predicted molar refractivity (Wildman–Crippen MR) is 160 cm³/mol. The number of alkyl halides is 3. The molecule has 3 aromatic rings. The molecule has 0 spiro atoms. The second-order valence-corrected chi connectivity index (χ2v) is 12.6. The third-order valence-corrected chi connectivity index (χ3v) is 8.16. The highest BCUT2D eigenvalue weighted by Gasteiger charge is 2.32. The summed E-state index contributed by atoms with van der Waals surface area (Å²) in [5, 5.41) is 2.81. The molecule has 0 saturated carbocycles. The first-order chi connectivity index (χ1) is 19.8. The highest BCUT2D eigenvalue weighted by Crippen LogP contribution is 2.32. The van der Waals surface area contributed by atoms with Crippen molar-refractivity contribution in [3.05, 3.63) is 100 Å². The molecule has 0 aliphatic rings. The lowest BCUT2D eigenvalue weighted by molar-refractivity contribution is -0.141. The van der Waals surface area contributed by atoms with Crippen molar-refractivity contribution in [2.24, 2.45) is 0 Å². The van der Waals surface area contributed by atoms with Gasteiger partial charge in [-0.2, -0.15) is 13.2 Å². The Hall–Kier alpha value is -3.38. The minimum absolute atomic E-state index is 0.0184. The second kappa shape index (κ2) is 14.7. The van der Waals surface area contributed by atoms with E-state index in [0.29, 0.717) is 6.54 Å². The number of likely N-dealkylation sites (N-methyl/N-ethyl adjacent to an activating group) is 1. The van der Waals surface area contributed by atoms with Crippen LogP contribution in [0.15, 0.2) is 83.3 Å². The number of hydrogen-bond acceptors (Lipinski definition) is 4. The van der Waals surface area contributed by atoms with Crippen LogP contribution in [0.1, 0.15) is 36.5 Å². The van der Waals surface area contributed by atoms with E-state index in [1.54, 1.807) is 6.92 Å². The van der Waals surface area contributed by atoms with Gasteiger partial charge in [-0.1, -0.05) is 64.5 Å². The number of anilines is 1. The number of nitrogens with zero attached hydrogens (tertiary/aromatic N) is 2. The van der Waals surface area contributed by atoms with Crippen molar-refractivity contribution in [1.82, 2.24) is 10.2 Å². The summed E-state index contributed by atoms with van der Waals surface area (Å²) in [6, 6.07) is 19.8. The lowest BCUT2D eigenvalue weighted by Crippen LogP contribution is -2.50. The fraction of sp³-hybridized carbons (Fsp3) is 0.333. The van der Waals surface area contributed by atoms with Gasteiger partial charge in [-0.05, 0) is 54.8 Å². The standard InChI is InChI=1S/C30H33BrF3N3O4S/c1-3-35-29(39)27(19-22-10-5-4-6-11-22)36(21-23-12-7-14-25(31)18-23)28(38)16-9-17-37(42(2,40)41)26-15-8-13-24(20-26)30(32,33)34/h4-8,10-15,18,20,27H,3,9,16-17,19,21H2,1-2H3,(H,35,39)/t27-/m1/s1. The van der Waals surface area contributed by atoms with Crippen LogP contribution in [0.4, 0.5) is 18.9 Å². The van der Waals surface area contributed by atoms with Gasteiger partial charge < -0.3 is 10.2 Å². The molecule has 0 aliphatic carbocycles. The van der Waals surface area contributed by atoms with E-state index < -0.39 is 27.8 Å². The minimum Gasteiger partial charge on any atom is -0.355 e. The van der Waals surface area contributed by atoms with Crippen molar-refractivity contribution in [1.29, 1.82) is 0 Å². The van der Waals surface area contributed by atoms with Crippen LogP contribution in [-0.2, 0) is 38.8 Å². The smallest absolute Gasteiger partial charge is 0.355 e. The van der Waals surface area contributed by atoms with Crippen molar-refractivity contribution in [2.45, 2.75) is 44.9 Å². The zero-order valence-electron chi connectivity index (χ0n) is 23.3. The van der Waals surface area contributed by atoms with Gasteiger partial charge in [-0.25, -0.2) is 8.42 Å². The van der Waals surface area contributed by atoms with Gasteiger partial charge in [0.25, 0.3) is 0 Å². The number of carbonyl (C=O) groups excluding carboxylic acids is 2. The summed E-state index contributed by atoms with van der Waals surface area (Å²) in [6.07, 6.45) is -3.60. The Kier molecular flexibility index (Phi) is 11.6. The van der Waals surface area contributed by atoms with E-state index in [2.05, 4.69) is 21.2 Å². The zero-order valence-corrected chi connectivity index (χ0v) is 25.7. The zero-order chi connectivity index (χ0) is 30.9. The van der Waals surface area contributed by atoms with E-state index in [4.69, 9.17) is 0 Å². The number of halogens is 4. The van der Waals surface area contributed by atoms with Gasteiger partial charge in [0.15, 0.2) is 0 Å². The molecule has 226 valence electrons. The molecule has 0 aliphatic heterocycles. The molecule has 3 aromatic carbocycles. The van der Waals surface area contributed by atoms with Crippen LogP contribution in [0.25, 0.3) is 0 Å². The van der Waals surface area contributed by atoms with Crippen LogP contribution < -0.4 is 9.62 Å². The summed E-state index contributed by atoms with van der Waals surface area (Å²) in [6.45, 7) is 2.05. The lowest BCUT2D eigenvalue weighted by Gasteiger charge is -2.32. The molecule has 12 heteroatoms. The Bertz CT molecular complexity index is 1470. The molecular weight excluding hydrogens is 635 g/mol. The van der Waals surface area contributed by atoms with E-state index in [1.807, 2.05) is 54.6 Å². The van der Waals surface area contributed by atoms with Crippen molar-refractivity contribution >= 4 is 43.5 Å². The second-order valence-electron chi connectivity index (χ2n) is 9.74. The molecule has 0 fully saturated rings. The summed E-state index contributed by atoms with van der Waals surface area (Å²) in [4.78, 5) is 28.5. The number of nitrogens with one attached hydrogen (secondary N) is 1. The van der Waals surface area contributed by atoms with Crippen LogP contribution >= 0.6 is 15.9 Å². The highest BCUT2D eigenvalue weighted by molar-refractivity contribution is 9.10. The van der Waals surface area contributed by atoms with Gasteiger partial charge in [-0.3, -0.25) is 13.9 Å². The largest absolute Gasteiger partial charge is 0.416 e. The molecule has 0 heterocycles. The normalized spacial score (nSPS) is 12.4. The summed E-state index contributed by atoms with van der Waals surface area (Å²) in [7, 11) is -3.96. The molecule has 0 saturated heterocycles. The Morgan fingerprint density at radius 1 is 0.952 bits per heavy atom. The maximum atomic E-state index is 13.7.